The molecule has 0 spiro atoms. The number of hydrogen-bond acceptors (Lipinski definition) is 3. The smallest absolute Gasteiger partial charge is 0.210 e. The van der Waals surface area contributed by atoms with Crippen LogP contribution < -0.4 is 0 Å². The van der Waals surface area contributed by atoms with Gasteiger partial charge >= 0.3 is 0 Å². The molecule has 1 aliphatic heterocycles. The van der Waals surface area contributed by atoms with E-state index in [0.29, 0.717) is 17.7 Å². The lowest BCUT2D eigenvalue weighted by molar-refractivity contribution is 0.0771. The molecule has 0 bridgehead atoms. The van der Waals surface area contributed by atoms with Crippen LogP contribution in [0.2, 0.25) is 0 Å². The van der Waals surface area contributed by atoms with E-state index >= 15 is 0 Å². The van der Waals surface area contributed by atoms with E-state index < -0.39 is 0 Å². The van der Waals surface area contributed by atoms with E-state index in [2.05, 4.69) is 12.1 Å². The number of unbranched alkanes of at least 4 members (excludes halogenated alkanes) is 2. The van der Waals surface area contributed by atoms with Crippen LogP contribution >= 0.6 is 0 Å². The summed E-state index contributed by atoms with van der Waals surface area (Å²) in [4.78, 5) is 17.4. The van der Waals surface area contributed by atoms with Crippen LogP contribution in [0, 0.1) is 0 Å². The molecule has 0 N–H and O–H groups in total. The van der Waals surface area contributed by atoms with Crippen molar-refractivity contribution in [3.8, 4) is 0 Å². The molecular formula is C15H19NO2. The van der Waals surface area contributed by atoms with Crippen molar-refractivity contribution in [1.82, 2.24) is 0 Å². The monoisotopic (exact) mass is 245 g/mol. The van der Waals surface area contributed by atoms with Gasteiger partial charge in [-0.15, -0.1) is 0 Å². The first kappa shape index (κ1) is 12.8. The first-order valence-corrected chi connectivity index (χ1v) is 6.63. The topological polar surface area (TPSA) is 38.7 Å². The van der Waals surface area contributed by atoms with Gasteiger partial charge in [0.15, 0.2) is 0 Å². The molecule has 1 aromatic rings. The van der Waals surface area contributed by atoms with E-state index in [4.69, 9.17) is 4.84 Å². The van der Waals surface area contributed by atoms with Gasteiger partial charge in [-0.05, 0) is 12.8 Å². The molecule has 1 heterocycles. The lowest BCUT2D eigenvalue weighted by atomic mass is 10.0. The molecule has 3 heteroatoms. The normalized spacial score (nSPS) is 18.3. The Morgan fingerprint density at radius 1 is 1.33 bits per heavy atom. The fraction of sp³-hybridized carbons (Fsp3) is 0.467. The summed E-state index contributed by atoms with van der Waals surface area (Å²) < 4.78 is 0. The van der Waals surface area contributed by atoms with Crippen molar-refractivity contribution < 1.29 is 9.63 Å². The Hall–Kier alpha value is -1.64. The fourth-order valence-electron chi connectivity index (χ4n) is 2.10. The quantitative estimate of drug-likeness (QED) is 0.567. The van der Waals surface area contributed by atoms with Crippen LogP contribution in [0.15, 0.2) is 35.5 Å². The molecule has 2 rings (SSSR count). The van der Waals surface area contributed by atoms with E-state index in [1.54, 1.807) is 0 Å². The van der Waals surface area contributed by atoms with Crippen molar-refractivity contribution in [2.45, 2.75) is 45.1 Å². The van der Waals surface area contributed by atoms with Crippen molar-refractivity contribution in [2.75, 3.05) is 0 Å². The predicted octanol–water partition coefficient (Wildman–Crippen LogP) is 3.59. The minimum Gasteiger partial charge on any atom is -0.392 e. The van der Waals surface area contributed by atoms with Crippen LogP contribution in [0.3, 0.4) is 0 Å². The number of Topliss-reactive ketones (excluding diaryl/α,β-unsaturated/α-hetero) is 1. The number of hydrogen-bond donors (Lipinski definition) is 0. The maximum Gasteiger partial charge on any atom is 0.210 e. The fourth-order valence-corrected chi connectivity index (χ4v) is 2.10. The van der Waals surface area contributed by atoms with Crippen LogP contribution in [0.4, 0.5) is 0 Å². The zero-order chi connectivity index (χ0) is 12.8. The Bertz CT molecular complexity index is 425. The first-order chi connectivity index (χ1) is 8.81. The summed E-state index contributed by atoms with van der Waals surface area (Å²) in [5.41, 5.74) is 1.25. The molecule has 96 valence electrons. The summed E-state index contributed by atoms with van der Waals surface area (Å²) in [6, 6.07) is 9.26. The highest BCUT2D eigenvalue weighted by atomic mass is 16.6. The van der Waals surface area contributed by atoms with Crippen molar-refractivity contribution in [3.63, 3.8) is 0 Å². The Balaban J connectivity index is 1.87. The highest BCUT2D eigenvalue weighted by Crippen LogP contribution is 2.19. The van der Waals surface area contributed by atoms with Crippen LogP contribution in [-0.2, 0) is 4.84 Å². The summed E-state index contributed by atoms with van der Waals surface area (Å²) in [6.45, 7) is 2.18. The Morgan fingerprint density at radius 2 is 2.11 bits per heavy atom. The molecule has 0 aromatic heterocycles. The largest absolute Gasteiger partial charge is 0.392 e. The van der Waals surface area contributed by atoms with E-state index in [0.717, 1.165) is 12.8 Å². The van der Waals surface area contributed by atoms with Gasteiger partial charge in [0, 0.05) is 12.0 Å². The third-order valence-corrected chi connectivity index (χ3v) is 3.16. The van der Waals surface area contributed by atoms with Crippen molar-refractivity contribution in [2.24, 2.45) is 5.16 Å². The molecule has 1 unspecified atom stereocenters. The zero-order valence-corrected chi connectivity index (χ0v) is 10.8. The average Bonchev–Trinajstić information content (AvgIpc) is 2.88. The van der Waals surface area contributed by atoms with Gasteiger partial charge in [-0.3, -0.25) is 4.79 Å². The minimum absolute atomic E-state index is 0.00593. The van der Waals surface area contributed by atoms with E-state index in [1.165, 1.54) is 12.8 Å². The van der Waals surface area contributed by atoms with Crippen LogP contribution in [0.1, 0.15) is 49.4 Å². The molecule has 3 nitrogen and oxygen atoms in total. The number of oxime groups is 1. The second-order valence-electron chi connectivity index (χ2n) is 4.66. The number of ketones is 1. The molecule has 0 aliphatic carbocycles. The number of benzene rings is 1. The lowest BCUT2D eigenvalue weighted by Crippen LogP contribution is -2.15. The molecule has 0 amide bonds. The summed E-state index contributed by atoms with van der Waals surface area (Å²) in [5.74, 6) is -0.00593. The molecule has 0 fully saturated rings. The SMILES string of the molecule is CCCCCC1CC(C(=O)c2ccccc2)=NO1. The average molecular weight is 245 g/mol. The van der Waals surface area contributed by atoms with Gasteiger partial charge in [-0.25, -0.2) is 0 Å². The van der Waals surface area contributed by atoms with Gasteiger partial charge in [-0.2, -0.15) is 0 Å². The van der Waals surface area contributed by atoms with Gasteiger partial charge in [0.1, 0.15) is 11.8 Å². The van der Waals surface area contributed by atoms with Crippen LogP contribution in [0.5, 0.6) is 0 Å². The lowest BCUT2D eigenvalue weighted by Gasteiger charge is -2.06. The molecule has 0 saturated heterocycles. The Morgan fingerprint density at radius 3 is 2.83 bits per heavy atom. The minimum atomic E-state index is -0.00593. The number of nitrogens with zero attached hydrogens (tertiary/aromatic N) is 1. The van der Waals surface area contributed by atoms with Gasteiger partial charge < -0.3 is 4.84 Å². The van der Waals surface area contributed by atoms with Crippen molar-refractivity contribution in [3.05, 3.63) is 35.9 Å². The number of carbonyl (C=O) groups excluding carboxylic acids is 1. The molecule has 0 radical (unpaired) electrons. The summed E-state index contributed by atoms with van der Waals surface area (Å²) >= 11 is 0. The maximum atomic E-state index is 12.1. The Labute approximate surface area is 108 Å². The third-order valence-electron chi connectivity index (χ3n) is 3.16. The maximum absolute atomic E-state index is 12.1. The zero-order valence-electron chi connectivity index (χ0n) is 10.8. The van der Waals surface area contributed by atoms with Gasteiger partial charge in [0.2, 0.25) is 5.78 Å². The third kappa shape index (κ3) is 3.19. The highest BCUT2D eigenvalue weighted by Gasteiger charge is 2.26. The first-order valence-electron chi connectivity index (χ1n) is 6.63. The molecule has 1 atom stereocenters. The second kappa shape index (κ2) is 6.34. The molecule has 1 aliphatic rings. The Kier molecular flexibility index (Phi) is 4.51. The van der Waals surface area contributed by atoms with Crippen LogP contribution in [-0.4, -0.2) is 17.6 Å². The standard InChI is InChI=1S/C15H19NO2/c1-2-3-5-10-13-11-14(16-18-13)15(17)12-8-6-4-7-9-12/h4,6-9,13H,2-3,5,10-11H2,1H3. The predicted molar refractivity (Wildman–Crippen MR) is 71.8 cm³/mol. The number of carbonyl (C=O) groups is 1. The highest BCUT2D eigenvalue weighted by molar-refractivity contribution is 6.46. The van der Waals surface area contributed by atoms with Crippen molar-refractivity contribution in [1.29, 1.82) is 0 Å². The van der Waals surface area contributed by atoms with Gasteiger partial charge in [0.25, 0.3) is 0 Å². The number of rotatable bonds is 6. The van der Waals surface area contributed by atoms with E-state index in [9.17, 15) is 4.79 Å². The van der Waals surface area contributed by atoms with Gasteiger partial charge in [-0.1, -0.05) is 55.3 Å². The summed E-state index contributed by atoms with van der Waals surface area (Å²) in [6.07, 6.45) is 5.29. The molecule has 1 aromatic carbocycles. The molecule has 0 saturated carbocycles. The van der Waals surface area contributed by atoms with Crippen molar-refractivity contribution >= 4 is 11.5 Å². The second-order valence-corrected chi connectivity index (χ2v) is 4.66. The van der Waals surface area contributed by atoms with E-state index in [1.807, 2.05) is 30.3 Å². The van der Waals surface area contributed by atoms with Crippen LogP contribution in [0.25, 0.3) is 0 Å². The summed E-state index contributed by atoms with van der Waals surface area (Å²) in [5, 5.41) is 3.94. The summed E-state index contributed by atoms with van der Waals surface area (Å²) in [7, 11) is 0. The van der Waals surface area contributed by atoms with E-state index in [-0.39, 0.29) is 11.9 Å². The molecular weight excluding hydrogens is 226 g/mol. The van der Waals surface area contributed by atoms with Gasteiger partial charge in [0.05, 0.1) is 0 Å². The molecule has 18 heavy (non-hydrogen) atoms.